The molecule has 3 heterocycles. The standard InChI is InChI=1S/C21H21N5/c1-25-18(12-19(24-25)15-5-6-15)13-22-17-9-7-16(8-10-17)20-14-26-11-3-2-4-21(26)23-20/h2-4,7-12,14-15,22H,5-6,13H2,1H3. The van der Waals surface area contributed by atoms with Crippen molar-refractivity contribution in [1.29, 1.82) is 0 Å². The van der Waals surface area contributed by atoms with Crippen LogP contribution >= 0.6 is 0 Å². The van der Waals surface area contributed by atoms with E-state index in [1.165, 1.54) is 24.2 Å². The number of hydrogen-bond donors (Lipinski definition) is 1. The fourth-order valence-electron chi connectivity index (χ4n) is 3.30. The fourth-order valence-corrected chi connectivity index (χ4v) is 3.30. The molecule has 1 aliphatic rings. The first-order valence-corrected chi connectivity index (χ1v) is 9.07. The van der Waals surface area contributed by atoms with E-state index < -0.39 is 0 Å². The summed E-state index contributed by atoms with van der Waals surface area (Å²) in [6, 6.07) is 16.7. The topological polar surface area (TPSA) is 47.2 Å². The highest BCUT2D eigenvalue weighted by Crippen LogP contribution is 2.39. The van der Waals surface area contributed by atoms with Crippen LogP contribution in [0.15, 0.2) is 60.9 Å². The van der Waals surface area contributed by atoms with Crippen molar-refractivity contribution in [2.24, 2.45) is 7.05 Å². The predicted octanol–water partition coefficient (Wildman–Crippen LogP) is 4.22. The van der Waals surface area contributed by atoms with E-state index in [1.54, 1.807) is 0 Å². The van der Waals surface area contributed by atoms with Crippen molar-refractivity contribution in [3.8, 4) is 11.3 Å². The first kappa shape index (κ1) is 15.2. The van der Waals surface area contributed by atoms with Gasteiger partial charge in [0.2, 0.25) is 0 Å². The van der Waals surface area contributed by atoms with Crippen molar-refractivity contribution >= 4 is 11.3 Å². The second-order valence-electron chi connectivity index (χ2n) is 6.98. The van der Waals surface area contributed by atoms with Crippen molar-refractivity contribution in [2.45, 2.75) is 25.3 Å². The van der Waals surface area contributed by atoms with Gasteiger partial charge in [-0.2, -0.15) is 5.10 Å². The van der Waals surface area contributed by atoms with Gasteiger partial charge in [0, 0.05) is 36.6 Å². The zero-order chi connectivity index (χ0) is 17.5. The Labute approximate surface area is 152 Å². The van der Waals surface area contributed by atoms with Crippen molar-refractivity contribution < 1.29 is 0 Å². The van der Waals surface area contributed by atoms with Crippen molar-refractivity contribution in [3.63, 3.8) is 0 Å². The van der Waals surface area contributed by atoms with Crippen LogP contribution in [-0.2, 0) is 13.6 Å². The Morgan fingerprint density at radius 2 is 1.96 bits per heavy atom. The van der Waals surface area contributed by atoms with Crippen LogP contribution < -0.4 is 5.32 Å². The molecule has 5 rings (SSSR count). The molecule has 0 bridgehead atoms. The highest BCUT2D eigenvalue weighted by molar-refractivity contribution is 5.65. The Kier molecular flexibility index (Phi) is 3.52. The van der Waals surface area contributed by atoms with Crippen LogP contribution in [0, 0.1) is 0 Å². The van der Waals surface area contributed by atoms with E-state index in [4.69, 9.17) is 0 Å². The van der Waals surface area contributed by atoms with Crippen molar-refractivity contribution in [3.05, 3.63) is 72.3 Å². The maximum Gasteiger partial charge on any atom is 0.137 e. The SMILES string of the molecule is Cn1nc(C2CC2)cc1CNc1ccc(-c2cn3ccccc3n2)cc1. The van der Waals surface area contributed by atoms with Gasteiger partial charge in [-0.25, -0.2) is 4.98 Å². The molecular formula is C21H21N5. The molecule has 0 unspecified atom stereocenters. The number of pyridine rings is 1. The van der Waals surface area contributed by atoms with E-state index in [0.29, 0.717) is 5.92 Å². The third kappa shape index (κ3) is 2.86. The van der Waals surface area contributed by atoms with Crippen LogP contribution in [0.1, 0.15) is 30.1 Å². The lowest BCUT2D eigenvalue weighted by atomic mass is 10.1. The molecule has 0 atom stereocenters. The van der Waals surface area contributed by atoms with Crippen LogP contribution in [0.25, 0.3) is 16.9 Å². The summed E-state index contributed by atoms with van der Waals surface area (Å²) in [5, 5.41) is 8.12. The minimum Gasteiger partial charge on any atom is -0.379 e. The summed E-state index contributed by atoms with van der Waals surface area (Å²) in [4.78, 5) is 4.67. The Morgan fingerprint density at radius 1 is 1.12 bits per heavy atom. The van der Waals surface area contributed by atoms with E-state index in [-0.39, 0.29) is 0 Å². The number of imidazole rings is 1. The average Bonchev–Trinajstić information content (AvgIpc) is 3.32. The number of rotatable bonds is 5. The van der Waals surface area contributed by atoms with Gasteiger partial charge in [0.1, 0.15) is 5.65 Å². The molecule has 1 N–H and O–H groups in total. The Bertz CT molecular complexity index is 1020. The van der Waals surface area contributed by atoms with Gasteiger partial charge >= 0.3 is 0 Å². The number of benzene rings is 1. The third-order valence-electron chi connectivity index (χ3n) is 5.01. The second-order valence-corrected chi connectivity index (χ2v) is 6.98. The van der Waals surface area contributed by atoms with Crippen molar-refractivity contribution in [1.82, 2.24) is 19.2 Å². The van der Waals surface area contributed by atoms with E-state index >= 15 is 0 Å². The van der Waals surface area contributed by atoms with Crippen LogP contribution in [-0.4, -0.2) is 19.2 Å². The molecule has 5 nitrogen and oxygen atoms in total. The maximum atomic E-state index is 4.67. The summed E-state index contributed by atoms with van der Waals surface area (Å²) in [6.45, 7) is 0.782. The summed E-state index contributed by atoms with van der Waals surface area (Å²) in [5.74, 6) is 0.694. The number of nitrogens with zero attached hydrogens (tertiary/aromatic N) is 4. The highest BCUT2D eigenvalue weighted by Gasteiger charge is 2.26. The van der Waals surface area contributed by atoms with E-state index in [1.807, 2.05) is 40.5 Å². The fraction of sp³-hybridized carbons (Fsp3) is 0.238. The van der Waals surface area contributed by atoms with Crippen LogP contribution in [0.5, 0.6) is 0 Å². The molecule has 1 saturated carbocycles. The number of hydrogen-bond acceptors (Lipinski definition) is 3. The molecule has 0 saturated heterocycles. The molecule has 0 aliphatic heterocycles. The lowest BCUT2D eigenvalue weighted by Crippen LogP contribution is -2.05. The van der Waals surface area contributed by atoms with E-state index in [2.05, 4.69) is 51.9 Å². The van der Waals surface area contributed by atoms with Gasteiger partial charge in [-0.15, -0.1) is 0 Å². The molecule has 26 heavy (non-hydrogen) atoms. The number of nitrogens with one attached hydrogen (secondary N) is 1. The van der Waals surface area contributed by atoms with Crippen molar-refractivity contribution in [2.75, 3.05) is 5.32 Å². The number of fused-ring (bicyclic) bond motifs is 1. The van der Waals surface area contributed by atoms with E-state index in [0.717, 1.165) is 29.1 Å². The molecule has 5 heteroatoms. The molecule has 1 fully saturated rings. The minimum atomic E-state index is 0.694. The summed E-state index contributed by atoms with van der Waals surface area (Å²) >= 11 is 0. The molecule has 1 aromatic carbocycles. The summed E-state index contributed by atoms with van der Waals surface area (Å²) in [6.07, 6.45) is 6.65. The molecule has 0 spiro atoms. The van der Waals surface area contributed by atoms with Crippen LogP contribution in [0.3, 0.4) is 0 Å². The molecular weight excluding hydrogens is 322 g/mol. The second kappa shape index (κ2) is 6.02. The monoisotopic (exact) mass is 343 g/mol. The number of aryl methyl sites for hydroxylation is 1. The maximum absolute atomic E-state index is 4.67. The van der Waals surface area contributed by atoms with Gasteiger partial charge in [0.05, 0.1) is 23.6 Å². The van der Waals surface area contributed by atoms with E-state index in [9.17, 15) is 0 Å². The number of anilines is 1. The van der Waals surface area contributed by atoms with Gasteiger partial charge in [-0.3, -0.25) is 4.68 Å². The molecule has 130 valence electrons. The quantitative estimate of drug-likeness (QED) is 0.590. The number of aromatic nitrogens is 4. The highest BCUT2D eigenvalue weighted by atomic mass is 15.3. The zero-order valence-corrected chi connectivity index (χ0v) is 14.8. The van der Waals surface area contributed by atoms with Gasteiger partial charge < -0.3 is 9.72 Å². The Morgan fingerprint density at radius 3 is 2.73 bits per heavy atom. The Hall–Kier alpha value is -3.08. The summed E-state index contributed by atoms with van der Waals surface area (Å²) < 4.78 is 4.03. The molecule has 4 aromatic rings. The normalized spacial score (nSPS) is 14.0. The molecule has 3 aromatic heterocycles. The molecule has 0 radical (unpaired) electrons. The zero-order valence-electron chi connectivity index (χ0n) is 14.8. The Balaban J connectivity index is 1.30. The smallest absolute Gasteiger partial charge is 0.137 e. The van der Waals surface area contributed by atoms with Crippen LogP contribution in [0.4, 0.5) is 5.69 Å². The summed E-state index contributed by atoms with van der Waals surface area (Å²) in [5.41, 5.74) is 6.64. The molecule has 0 amide bonds. The van der Waals surface area contributed by atoms with Gasteiger partial charge in [0.15, 0.2) is 0 Å². The lowest BCUT2D eigenvalue weighted by Gasteiger charge is -2.07. The largest absolute Gasteiger partial charge is 0.379 e. The lowest BCUT2D eigenvalue weighted by molar-refractivity contribution is 0.705. The van der Waals surface area contributed by atoms with Crippen LogP contribution in [0.2, 0.25) is 0 Å². The van der Waals surface area contributed by atoms with Gasteiger partial charge in [0.25, 0.3) is 0 Å². The average molecular weight is 343 g/mol. The third-order valence-corrected chi connectivity index (χ3v) is 5.01. The first-order valence-electron chi connectivity index (χ1n) is 9.07. The van der Waals surface area contributed by atoms with Gasteiger partial charge in [-0.05, 0) is 43.2 Å². The first-order chi connectivity index (χ1) is 12.8. The minimum absolute atomic E-state index is 0.694. The summed E-state index contributed by atoms with van der Waals surface area (Å²) in [7, 11) is 2.02. The molecule has 1 aliphatic carbocycles. The predicted molar refractivity (Wildman–Crippen MR) is 103 cm³/mol. The van der Waals surface area contributed by atoms with Gasteiger partial charge in [-0.1, -0.05) is 18.2 Å².